The SMILES string of the molecule is CC1(C)CCC(OC(=O)c2cccnc2Br)CC1. The van der Waals surface area contributed by atoms with Gasteiger partial charge in [-0.2, -0.15) is 0 Å². The molecule has 0 bridgehead atoms. The van der Waals surface area contributed by atoms with E-state index in [0.29, 0.717) is 15.6 Å². The van der Waals surface area contributed by atoms with Crippen molar-refractivity contribution in [2.24, 2.45) is 5.41 Å². The van der Waals surface area contributed by atoms with Gasteiger partial charge in [-0.05, 0) is 59.2 Å². The second kappa shape index (κ2) is 5.39. The smallest absolute Gasteiger partial charge is 0.341 e. The average molecular weight is 312 g/mol. The molecule has 2 rings (SSSR count). The average Bonchev–Trinajstić information content (AvgIpc) is 2.32. The summed E-state index contributed by atoms with van der Waals surface area (Å²) < 4.78 is 6.09. The Morgan fingerprint density at radius 1 is 1.44 bits per heavy atom. The molecular formula is C14H18BrNO2. The van der Waals surface area contributed by atoms with Gasteiger partial charge in [-0.3, -0.25) is 0 Å². The largest absolute Gasteiger partial charge is 0.459 e. The van der Waals surface area contributed by atoms with Gasteiger partial charge in [-0.1, -0.05) is 13.8 Å². The van der Waals surface area contributed by atoms with Crippen LogP contribution in [0.3, 0.4) is 0 Å². The fraction of sp³-hybridized carbons (Fsp3) is 0.571. The van der Waals surface area contributed by atoms with Crippen molar-refractivity contribution in [1.82, 2.24) is 4.98 Å². The van der Waals surface area contributed by atoms with Crippen molar-refractivity contribution in [2.45, 2.75) is 45.6 Å². The molecule has 0 N–H and O–H groups in total. The molecule has 1 saturated carbocycles. The summed E-state index contributed by atoms with van der Waals surface area (Å²) in [6.45, 7) is 4.53. The number of aromatic nitrogens is 1. The van der Waals surface area contributed by atoms with Crippen LogP contribution in [-0.2, 0) is 4.74 Å². The summed E-state index contributed by atoms with van der Waals surface area (Å²) in [5, 5.41) is 0. The van der Waals surface area contributed by atoms with E-state index in [9.17, 15) is 4.79 Å². The van der Waals surface area contributed by atoms with Gasteiger partial charge in [0, 0.05) is 6.20 Å². The van der Waals surface area contributed by atoms with Crippen molar-refractivity contribution in [2.75, 3.05) is 0 Å². The fourth-order valence-electron chi connectivity index (χ4n) is 2.24. The second-order valence-electron chi connectivity index (χ2n) is 5.61. The number of rotatable bonds is 2. The number of ether oxygens (including phenoxy) is 1. The maximum absolute atomic E-state index is 12.0. The number of pyridine rings is 1. The van der Waals surface area contributed by atoms with Crippen molar-refractivity contribution in [3.63, 3.8) is 0 Å². The van der Waals surface area contributed by atoms with E-state index in [0.717, 1.165) is 25.7 Å². The second-order valence-corrected chi connectivity index (χ2v) is 6.36. The van der Waals surface area contributed by atoms with E-state index < -0.39 is 0 Å². The van der Waals surface area contributed by atoms with E-state index in [2.05, 4.69) is 34.8 Å². The molecule has 98 valence electrons. The molecule has 1 fully saturated rings. The Bertz CT molecular complexity index is 435. The Labute approximate surface area is 116 Å². The third-order valence-corrected chi connectivity index (χ3v) is 4.17. The van der Waals surface area contributed by atoms with Crippen LogP contribution in [0.25, 0.3) is 0 Å². The standard InChI is InChI=1S/C14H18BrNO2/c1-14(2)7-5-10(6-8-14)18-13(17)11-4-3-9-16-12(11)15/h3-4,9-10H,5-8H2,1-2H3. The van der Waals surface area contributed by atoms with Crippen LogP contribution in [-0.4, -0.2) is 17.1 Å². The third-order valence-electron chi connectivity index (χ3n) is 3.54. The van der Waals surface area contributed by atoms with E-state index in [4.69, 9.17) is 4.74 Å². The lowest BCUT2D eigenvalue weighted by Crippen LogP contribution is -2.28. The molecule has 18 heavy (non-hydrogen) atoms. The number of carbonyl (C=O) groups is 1. The van der Waals surface area contributed by atoms with Crippen LogP contribution in [0.4, 0.5) is 0 Å². The minimum Gasteiger partial charge on any atom is -0.459 e. The highest BCUT2D eigenvalue weighted by Crippen LogP contribution is 2.36. The zero-order valence-electron chi connectivity index (χ0n) is 10.8. The summed E-state index contributed by atoms with van der Waals surface area (Å²) >= 11 is 3.27. The van der Waals surface area contributed by atoms with Crippen LogP contribution < -0.4 is 0 Å². The predicted molar refractivity (Wildman–Crippen MR) is 73.4 cm³/mol. The molecule has 1 aromatic heterocycles. The molecule has 0 radical (unpaired) electrons. The Morgan fingerprint density at radius 2 is 2.11 bits per heavy atom. The predicted octanol–water partition coefficient (Wildman–Crippen LogP) is 3.97. The molecule has 1 aromatic rings. The maximum atomic E-state index is 12.0. The summed E-state index contributed by atoms with van der Waals surface area (Å²) in [4.78, 5) is 16.0. The van der Waals surface area contributed by atoms with Gasteiger partial charge in [0.05, 0.1) is 5.56 Å². The topological polar surface area (TPSA) is 39.2 Å². The van der Waals surface area contributed by atoms with E-state index >= 15 is 0 Å². The van der Waals surface area contributed by atoms with Gasteiger partial charge in [0.2, 0.25) is 0 Å². The summed E-state index contributed by atoms with van der Waals surface area (Å²) in [5.41, 5.74) is 0.889. The first-order chi connectivity index (χ1) is 8.48. The summed E-state index contributed by atoms with van der Waals surface area (Å²) in [7, 11) is 0. The lowest BCUT2D eigenvalue weighted by molar-refractivity contribution is 0.00937. The van der Waals surface area contributed by atoms with Gasteiger partial charge in [-0.15, -0.1) is 0 Å². The van der Waals surface area contributed by atoms with Crippen LogP contribution in [0.1, 0.15) is 49.9 Å². The van der Waals surface area contributed by atoms with Gasteiger partial charge in [-0.25, -0.2) is 9.78 Å². The van der Waals surface area contributed by atoms with E-state index in [1.165, 1.54) is 0 Å². The Kier molecular flexibility index (Phi) is 4.05. The van der Waals surface area contributed by atoms with Crippen LogP contribution in [0.2, 0.25) is 0 Å². The highest BCUT2D eigenvalue weighted by atomic mass is 79.9. The Morgan fingerprint density at radius 3 is 2.72 bits per heavy atom. The highest BCUT2D eigenvalue weighted by Gasteiger charge is 2.29. The maximum Gasteiger partial charge on any atom is 0.341 e. The molecular weight excluding hydrogens is 294 g/mol. The Balaban J connectivity index is 1.95. The van der Waals surface area contributed by atoms with Crippen molar-refractivity contribution >= 4 is 21.9 Å². The monoisotopic (exact) mass is 311 g/mol. The first-order valence-electron chi connectivity index (χ1n) is 6.29. The molecule has 0 saturated heterocycles. The number of nitrogens with zero attached hydrogens (tertiary/aromatic N) is 1. The van der Waals surface area contributed by atoms with Crippen molar-refractivity contribution < 1.29 is 9.53 Å². The van der Waals surface area contributed by atoms with Gasteiger partial charge in [0.1, 0.15) is 10.7 Å². The van der Waals surface area contributed by atoms with E-state index in [-0.39, 0.29) is 12.1 Å². The molecule has 0 aromatic carbocycles. The number of esters is 1. The molecule has 4 heteroatoms. The molecule has 0 spiro atoms. The molecule has 1 aliphatic rings. The third kappa shape index (κ3) is 3.31. The van der Waals surface area contributed by atoms with Crippen LogP contribution in [0, 0.1) is 5.41 Å². The molecule has 0 aliphatic heterocycles. The molecule has 1 heterocycles. The van der Waals surface area contributed by atoms with Crippen LogP contribution in [0.15, 0.2) is 22.9 Å². The first-order valence-corrected chi connectivity index (χ1v) is 7.09. The molecule has 1 aliphatic carbocycles. The summed E-state index contributed by atoms with van der Waals surface area (Å²) in [5.74, 6) is -0.278. The van der Waals surface area contributed by atoms with Crippen molar-refractivity contribution in [1.29, 1.82) is 0 Å². The molecule has 0 unspecified atom stereocenters. The van der Waals surface area contributed by atoms with Gasteiger partial charge < -0.3 is 4.74 Å². The molecule has 0 atom stereocenters. The Hall–Kier alpha value is -0.900. The molecule has 0 amide bonds. The molecule has 3 nitrogen and oxygen atoms in total. The quantitative estimate of drug-likeness (QED) is 0.613. The van der Waals surface area contributed by atoms with Crippen molar-refractivity contribution in [3.05, 3.63) is 28.5 Å². The fourth-order valence-corrected chi connectivity index (χ4v) is 2.66. The summed E-state index contributed by atoms with van der Waals surface area (Å²) in [6, 6.07) is 3.47. The first kappa shape index (κ1) is 13.5. The summed E-state index contributed by atoms with van der Waals surface area (Å²) in [6.07, 6.45) is 5.83. The number of hydrogen-bond donors (Lipinski definition) is 0. The van der Waals surface area contributed by atoms with Crippen LogP contribution in [0.5, 0.6) is 0 Å². The van der Waals surface area contributed by atoms with E-state index in [1.54, 1.807) is 18.3 Å². The highest BCUT2D eigenvalue weighted by molar-refractivity contribution is 9.10. The zero-order chi connectivity index (χ0) is 13.2. The van der Waals surface area contributed by atoms with Gasteiger partial charge in [0.15, 0.2) is 0 Å². The van der Waals surface area contributed by atoms with Crippen molar-refractivity contribution in [3.8, 4) is 0 Å². The number of halogens is 1. The van der Waals surface area contributed by atoms with Gasteiger partial charge >= 0.3 is 5.97 Å². The lowest BCUT2D eigenvalue weighted by Gasteiger charge is -2.33. The lowest BCUT2D eigenvalue weighted by atomic mass is 9.76. The minimum atomic E-state index is -0.278. The number of hydrogen-bond acceptors (Lipinski definition) is 3. The van der Waals surface area contributed by atoms with Gasteiger partial charge in [0.25, 0.3) is 0 Å². The van der Waals surface area contributed by atoms with E-state index in [1.807, 2.05) is 0 Å². The van der Waals surface area contributed by atoms with Crippen LogP contribution >= 0.6 is 15.9 Å². The zero-order valence-corrected chi connectivity index (χ0v) is 12.4. The minimum absolute atomic E-state index is 0.0534. The normalized spacial score (nSPS) is 19.5. The number of carbonyl (C=O) groups excluding carboxylic acids is 1.